The lowest BCUT2D eigenvalue weighted by Crippen LogP contribution is -2.53. The van der Waals surface area contributed by atoms with Gasteiger partial charge in [0.1, 0.15) is 0 Å². The minimum Gasteiger partial charge on any atom is -0.481 e. The summed E-state index contributed by atoms with van der Waals surface area (Å²) in [7, 11) is 0. The molecule has 1 heterocycles. The van der Waals surface area contributed by atoms with Crippen molar-refractivity contribution in [3.63, 3.8) is 0 Å². The van der Waals surface area contributed by atoms with E-state index in [2.05, 4.69) is 5.32 Å². The monoisotopic (exact) mass is 331 g/mol. The summed E-state index contributed by atoms with van der Waals surface area (Å²) in [6, 6.07) is 4.76. The van der Waals surface area contributed by atoms with E-state index < -0.39 is 17.4 Å². The highest BCUT2D eigenvalue weighted by Crippen LogP contribution is 2.28. The van der Waals surface area contributed by atoms with Crippen molar-refractivity contribution in [1.82, 2.24) is 5.32 Å². The SMILES string of the molecule is O=C(O)CC1(NC(=O)c2cccc(Cl)c2Cl)CCOCC1. The highest BCUT2D eigenvalue weighted by molar-refractivity contribution is 6.43. The molecule has 1 aromatic rings. The van der Waals surface area contributed by atoms with E-state index in [9.17, 15) is 9.59 Å². The fourth-order valence-corrected chi connectivity index (χ4v) is 2.77. The molecule has 114 valence electrons. The number of rotatable bonds is 4. The molecule has 0 atom stereocenters. The molecule has 1 aliphatic heterocycles. The van der Waals surface area contributed by atoms with Crippen LogP contribution in [0.15, 0.2) is 18.2 Å². The minimum absolute atomic E-state index is 0.152. The van der Waals surface area contributed by atoms with Gasteiger partial charge < -0.3 is 15.2 Å². The van der Waals surface area contributed by atoms with Gasteiger partial charge in [-0.1, -0.05) is 29.3 Å². The first-order valence-electron chi connectivity index (χ1n) is 6.50. The zero-order chi connectivity index (χ0) is 15.5. The predicted octanol–water partition coefficient (Wildman–Crippen LogP) is 2.75. The lowest BCUT2D eigenvalue weighted by Gasteiger charge is -2.36. The van der Waals surface area contributed by atoms with E-state index in [0.717, 1.165) is 0 Å². The summed E-state index contributed by atoms with van der Waals surface area (Å²) in [5, 5.41) is 12.3. The summed E-state index contributed by atoms with van der Waals surface area (Å²) in [5.41, 5.74) is -0.576. The second kappa shape index (κ2) is 6.64. The molecule has 7 heteroatoms. The average Bonchev–Trinajstić information content (AvgIpc) is 2.41. The first-order chi connectivity index (χ1) is 9.93. The van der Waals surface area contributed by atoms with Gasteiger partial charge in [0.15, 0.2) is 0 Å². The molecule has 1 amide bonds. The Morgan fingerprint density at radius 2 is 1.95 bits per heavy atom. The molecular formula is C14H15Cl2NO4. The maximum atomic E-state index is 12.4. The quantitative estimate of drug-likeness (QED) is 0.889. The third-order valence-corrected chi connectivity index (χ3v) is 4.33. The number of amides is 1. The average molecular weight is 332 g/mol. The summed E-state index contributed by atoms with van der Waals surface area (Å²) < 4.78 is 5.25. The van der Waals surface area contributed by atoms with Gasteiger partial charge in [-0.05, 0) is 25.0 Å². The number of hydrogen-bond acceptors (Lipinski definition) is 3. The van der Waals surface area contributed by atoms with Crippen molar-refractivity contribution in [2.24, 2.45) is 0 Å². The van der Waals surface area contributed by atoms with Crippen molar-refractivity contribution in [1.29, 1.82) is 0 Å². The predicted molar refractivity (Wildman–Crippen MR) is 79.0 cm³/mol. The zero-order valence-electron chi connectivity index (χ0n) is 11.2. The van der Waals surface area contributed by atoms with Crippen molar-refractivity contribution < 1.29 is 19.4 Å². The number of hydrogen-bond donors (Lipinski definition) is 2. The number of benzene rings is 1. The van der Waals surface area contributed by atoms with Gasteiger partial charge in [0.25, 0.3) is 5.91 Å². The molecule has 0 saturated carbocycles. The largest absolute Gasteiger partial charge is 0.481 e. The van der Waals surface area contributed by atoms with E-state index in [1.165, 1.54) is 0 Å². The summed E-state index contributed by atoms with van der Waals surface area (Å²) in [5.74, 6) is -1.39. The molecular weight excluding hydrogens is 317 g/mol. The second-order valence-corrected chi connectivity index (χ2v) is 5.80. The molecule has 0 bridgehead atoms. The highest BCUT2D eigenvalue weighted by Gasteiger charge is 2.37. The second-order valence-electron chi connectivity index (χ2n) is 5.02. The van der Waals surface area contributed by atoms with Gasteiger partial charge in [0.05, 0.1) is 27.6 Å². The van der Waals surface area contributed by atoms with Crippen LogP contribution in [0.3, 0.4) is 0 Å². The first kappa shape index (κ1) is 16.1. The van der Waals surface area contributed by atoms with Gasteiger partial charge in [-0.3, -0.25) is 9.59 Å². The summed E-state index contributed by atoms with van der Waals surface area (Å²) >= 11 is 11.9. The molecule has 1 saturated heterocycles. The van der Waals surface area contributed by atoms with Gasteiger partial charge in [0, 0.05) is 13.2 Å². The van der Waals surface area contributed by atoms with E-state index >= 15 is 0 Å². The van der Waals surface area contributed by atoms with Crippen molar-refractivity contribution in [2.45, 2.75) is 24.8 Å². The van der Waals surface area contributed by atoms with E-state index in [1.807, 2.05) is 0 Å². The minimum atomic E-state index is -0.964. The fourth-order valence-electron chi connectivity index (χ4n) is 2.38. The van der Waals surface area contributed by atoms with E-state index in [0.29, 0.717) is 26.1 Å². The number of halogens is 2. The summed E-state index contributed by atoms with van der Waals surface area (Å²) in [6.45, 7) is 0.827. The number of carbonyl (C=O) groups is 2. The number of aliphatic carboxylic acids is 1. The number of carboxylic acid groups (broad SMARTS) is 1. The van der Waals surface area contributed by atoms with Gasteiger partial charge in [0.2, 0.25) is 0 Å². The topological polar surface area (TPSA) is 75.6 Å². The molecule has 0 radical (unpaired) electrons. The standard InChI is InChI=1S/C14H15Cl2NO4/c15-10-3-1-2-9(12(10)16)13(20)17-14(8-11(18)19)4-6-21-7-5-14/h1-3H,4-8H2,(H,17,20)(H,18,19). The van der Waals surface area contributed by atoms with Crippen LogP contribution in [0.2, 0.25) is 10.0 Å². The first-order valence-corrected chi connectivity index (χ1v) is 7.25. The third-order valence-electron chi connectivity index (χ3n) is 3.51. The Morgan fingerprint density at radius 1 is 1.29 bits per heavy atom. The van der Waals surface area contributed by atoms with Gasteiger partial charge in [-0.25, -0.2) is 0 Å². The van der Waals surface area contributed by atoms with E-state index in [4.69, 9.17) is 33.0 Å². The van der Waals surface area contributed by atoms with Crippen LogP contribution in [0.1, 0.15) is 29.6 Å². The summed E-state index contributed by atoms with van der Waals surface area (Å²) in [4.78, 5) is 23.5. The number of nitrogens with one attached hydrogen (secondary N) is 1. The van der Waals surface area contributed by atoms with E-state index in [-0.39, 0.29) is 22.0 Å². The number of carboxylic acids is 1. The van der Waals surface area contributed by atoms with Gasteiger partial charge >= 0.3 is 5.97 Å². The molecule has 1 fully saturated rings. The molecule has 0 aliphatic carbocycles. The van der Waals surface area contributed by atoms with Gasteiger partial charge in [-0.2, -0.15) is 0 Å². The van der Waals surface area contributed by atoms with Crippen LogP contribution in [0, 0.1) is 0 Å². The van der Waals surface area contributed by atoms with Gasteiger partial charge in [-0.15, -0.1) is 0 Å². The van der Waals surface area contributed by atoms with Crippen LogP contribution in [0.4, 0.5) is 0 Å². The Hall–Kier alpha value is -1.30. The van der Waals surface area contributed by atoms with Crippen LogP contribution < -0.4 is 5.32 Å². The Bertz CT molecular complexity index is 556. The molecule has 21 heavy (non-hydrogen) atoms. The van der Waals surface area contributed by atoms with Crippen molar-refractivity contribution >= 4 is 35.1 Å². The highest BCUT2D eigenvalue weighted by atomic mass is 35.5. The molecule has 0 unspecified atom stereocenters. The number of ether oxygens (including phenoxy) is 1. The van der Waals surface area contributed by atoms with Crippen molar-refractivity contribution in [3.05, 3.63) is 33.8 Å². The molecule has 2 rings (SSSR count). The maximum Gasteiger partial charge on any atom is 0.305 e. The normalized spacial score (nSPS) is 17.2. The molecule has 1 aliphatic rings. The Labute approximate surface area is 132 Å². The maximum absolute atomic E-state index is 12.4. The van der Waals surface area contributed by atoms with Crippen LogP contribution in [0.5, 0.6) is 0 Å². The van der Waals surface area contributed by atoms with Crippen LogP contribution >= 0.6 is 23.2 Å². The van der Waals surface area contributed by atoms with Crippen LogP contribution in [-0.4, -0.2) is 35.7 Å². The smallest absolute Gasteiger partial charge is 0.305 e. The zero-order valence-corrected chi connectivity index (χ0v) is 12.7. The molecule has 5 nitrogen and oxygen atoms in total. The fraction of sp³-hybridized carbons (Fsp3) is 0.429. The lowest BCUT2D eigenvalue weighted by molar-refractivity contribution is -0.139. The summed E-state index contributed by atoms with van der Waals surface area (Å²) in [6.07, 6.45) is 0.743. The Morgan fingerprint density at radius 3 is 2.57 bits per heavy atom. The van der Waals surface area contributed by atoms with Crippen molar-refractivity contribution in [2.75, 3.05) is 13.2 Å². The van der Waals surface area contributed by atoms with Crippen molar-refractivity contribution in [3.8, 4) is 0 Å². The van der Waals surface area contributed by atoms with Crippen LogP contribution in [0.25, 0.3) is 0 Å². The molecule has 2 N–H and O–H groups in total. The van der Waals surface area contributed by atoms with Crippen LogP contribution in [-0.2, 0) is 9.53 Å². The number of carbonyl (C=O) groups excluding carboxylic acids is 1. The Kier molecular flexibility index (Phi) is 5.08. The molecule has 0 aromatic heterocycles. The third kappa shape index (κ3) is 3.87. The Balaban J connectivity index is 2.21. The molecule has 0 spiro atoms. The van der Waals surface area contributed by atoms with E-state index in [1.54, 1.807) is 18.2 Å². The molecule has 1 aromatic carbocycles. The lowest BCUT2D eigenvalue weighted by atomic mass is 9.86.